The highest BCUT2D eigenvalue weighted by molar-refractivity contribution is 7.99. The van der Waals surface area contributed by atoms with Crippen molar-refractivity contribution >= 4 is 34.7 Å². The average molecular weight is 403 g/mol. The van der Waals surface area contributed by atoms with E-state index in [1.165, 1.54) is 16.6 Å². The minimum atomic E-state index is -0.0867. The van der Waals surface area contributed by atoms with Gasteiger partial charge in [-0.3, -0.25) is 9.36 Å². The molecule has 0 aliphatic carbocycles. The third-order valence-corrected chi connectivity index (χ3v) is 5.68. The second kappa shape index (κ2) is 8.58. The molecule has 0 fully saturated rings. The molecule has 0 radical (unpaired) electrons. The van der Waals surface area contributed by atoms with E-state index in [4.69, 9.17) is 4.74 Å². The molecule has 27 heavy (non-hydrogen) atoms. The molecule has 0 bridgehead atoms. The van der Waals surface area contributed by atoms with Gasteiger partial charge >= 0.3 is 0 Å². The van der Waals surface area contributed by atoms with Crippen LogP contribution in [0.2, 0.25) is 0 Å². The fourth-order valence-corrected chi connectivity index (χ4v) is 4.15. The number of hydrogen-bond acceptors (Lipinski definition) is 6. The van der Waals surface area contributed by atoms with E-state index in [1.807, 2.05) is 24.3 Å². The molecular formula is C19H22N4O2S2. The molecule has 1 aromatic carbocycles. The summed E-state index contributed by atoms with van der Waals surface area (Å²) in [7, 11) is 1.61. The Hall–Kier alpha value is -2.32. The maximum Gasteiger partial charge on any atom is 0.234 e. The summed E-state index contributed by atoms with van der Waals surface area (Å²) in [5.41, 5.74) is 1.80. The summed E-state index contributed by atoms with van der Waals surface area (Å²) in [4.78, 5) is 13.5. The van der Waals surface area contributed by atoms with Crippen LogP contribution in [0.1, 0.15) is 24.8 Å². The minimum Gasteiger partial charge on any atom is -0.497 e. The van der Waals surface area contributed by atoms with Crippen LogP contribution >= 0.6 is 23.1 Å². The lowest BCUT2D eigenvalue weighted by Crippen LogP contribution is -2.15. The lowest BCUT2D eigenvalue weighted by molar-refractivity contribution is -0.113. The molecule has 3 rings (SSSR count). The van der Waals surface area contributed by atoms with E-state index < -0.39 is 0 Å². The van der Waals surface area contributed by atoms with Gasteiger partial charge in [-0.15, -0.1) is 21.5 Å². The summed E-state index contributed by atoms with van der Waals surface area (Å²) in [6.45, 7) is 6.25. The van der Waals surface area contributed by atoms with E-state index in [0.717, 1.165) is 28.0 Å². The van der Waals surface area contributed by atoms with Gasteiger partial charge in [0.25, 0.3) is 0 Å². The molecule has 3 aromatic rings. The highest BCUT2D eigenvalue weighted by Crippen LogP contribution is 2.30. The van der Waals surface area contributed by atoms with E-state index >= 15 is 0 Å². The first-order chi connectivity index (χ1) is 13.0. The molecule has 0 aliphatic rings. The number of hydrogen-bond donors (Lipinski definition) is 1. The van der Waals surface area contributed by atoms with E-state index in [1.54, 1.807) is 18.4 Å². The Balaban J connectivity index is 1.68. The molecule has 142 valence electrons. The monoisotopic (exact) mass is 402 g/mol. The van der Waals surface area contributed by atoms with Crippen molar-refractivity contribution < 1.29 is 9.53 Å². The summed E-state index contributed by atoms with van der Waals surface area (Å²) >= 11 is 3.08. The molecule has 1 amide bonds. The number of aryl methyl sites for hydroxylation is 1. The van der Waals surface area contributed by atoms with Crippen molar-refractivity contribution in [2.75, 3.05) is 18.2 Å². The Kier molecular flexibility index (Phi) is 6.18. The van der Waals surface area contributed by atoms with Crippen LogP contribution in [-0.4, -0.2) is 33.5 Å². The quantitative estimate of drug-likeness (QED) is 0.583. The highest BCUT2D eigenvalue weighted by Gasteiger charge is 2.18. The van der Waals surface area contributed by atoms with Crippen molar-refractivity contribution in [1.82, 2.24) is 14.8 Å². The molecule has 0 atom stereocenters. The third kappa shape index (κ3) is 4.70. The molecule has 0 unspecified atom stereocenters. The van der Waals surface area contributed by atoms with Crippen LogP contribution in [0.25, 0.3) is 11.4 Å². The van der Waals surface area contributed by atoms with Gasteiger partial charge in [0.1, 0.15) is 5.75 Å². The van der Waals surface area contributed by atoms with Gasteiger partial charge in [-0.2, -0.15) is 0 Å². The number of thiophene rings is 1. The number of anilines is 1. The molecule has 6 nitrogen and oxygen atoms in total. The van der Waals surface area contributed by atoms with Crippen LogP contribution < -0.4 is 10.1 Å². The number of thioether (sulfide) groups is 1. The Labute approximate surface area is 167 Å². The molecule has 0 saturated heterocycles. The first-order valence-corrected chi connectivity index (χ1v) is 10.4. The molecule has 2 aromatic heterocycles. The molecular weight excluding hydrogens is 380 g/mol. The zero-order valence-corrected chi connectivity index (χ0v) is 17.4. The largest absolute Gasteiger partial charge is 0.497 e. The van der Waals surface area contributed by atoms with Gasteiger partial charge in [-0.05, 0) is 51.1 Å². The number of rotatable bonds is 7. The Morgan fingerprint density at radius 1 is 1.30 bits per heavy atom. The Morgan fingerprint density at radius 3 is 2.63 bits per heavy atom. The van der Waals surface area contributed by atoms with Crippen molar-refractivity contribution in [2.24, 2.45) is 0 Å². The van der Waals surface area contributed by atoms with Crippen LogP contribution in [0.3, 0.4) is 0 Å². The number of nitrogens with zero attached hydrogens (tertiary/aromatic N) is 3. The van der Waals surface area contributed by atoms with Gasteiger partial charge in [0.15, 0.2) is 11.0 Å². The van der Waals surface area contributed by atoms with Gasteiger partial charge in [0.05, 0.1) is 12.9 Å². The average Bonchev–Trinajstić information content (AvgIpc) is 3.26. The van der Waals surface area contributed by atoms with Crippen LogP contribution in [0.15, 0.2) is 40.9 Å². The lowest BCUT2D eigenvalue weighted by atomic mass is 10.3. The van der Waals surface area contributed by atoms with Crippen molar-refractivity contribution in [2.45, 2.75) is 32.0 Å². The van der Waals surface area contributed by atoms with Crippen molar-refractivity contribution in [3.63, 3.8) is 0 Å². The Bertz CT molecular complexity index is 916. The number of amides is 1. The predicted molar refractivity (Wildman–Crippen MR) is 111 cm³/mol. The second-order valence-electron chi connectivity index (χ2n) is 6.28. The first-order valence-electron chi connectivity index (χ1n) is 8.55. The fourth-order valence-electron chi connectivity index (χ4n) is 2.60. The number of ether oxygens (including phenoxy) is 1. The zero-order valence-electron chi connectivity index (χ0n) is 15.7. The zero-order chi connectivity index (χ0) is 19.4. The summed E-state index contributed by atoms with van der Waals surface area (Å²) in [5, 5.41) is 14.4. The summed E-state index contributed by atoms with van der Waals surface area (Å²) < 4.78 is 7.20. The molecule has 0 aliphatic heterocycles. The van der Waals surface area contributed by atoms with Crippen LogP contribution in [0.5, 0.6) is 5.75 Å². The van der Waals surface area contributed by atoms with E-state index in [0.29, 0.717) is 0 Å². The molecule has 1 N–H and O–H groups in total. The van der Waals surface area contributed by atoms with Crippen LogP contribution in [0.4, 0.5) is 5.69 Å². The normalized spacial score (nSPS) is 11.0. The first kappa shape index (κ1) is 19.4. The fraction of sp³-hybridized carbons (Fsp3) is 0.316. The van der Waals surface area contributed by atoms with Gasteiger partial charge in [0.2, 0.25) is 5.91 Å². The summed E-state index contributed by atoms with van der Waals surface area (Å²) in [5.74, 6) is 1.77. The van der Waals surface area contributed by atoms with Crippen molar-refractivity contribution in [3.8, 4) is 17.1 Å². The van der Waals surface area contributed by atoms with E-state index in [2.05, 4.69) is 52.3 Å². The Morgan fingerprint density at radius 2 is 2.04 bits per heavy atom. The second-order valence-corrected chi connectivity index (χ2v) is 8.34. The van der Waals surface area contributed by atoms with Gasteiger partial charge in [-0.25, -0.2) is 0 Å². The number of carbonyl (C=O) groups excluding carboxylic acids is 1. The van der Waals surface area contributed by atoms with Crippen LogP contribution in [-0.2, 0) is 4.79 Å². The van der Waals surface area contributed by atoms with Crippen molar-refractivity contribution in [3.05, 3.63) is 40.6 Å². The molecule has 0 spiro atoms. The number of benzene rings is 1. The van der Waals surface area contributed by atoms with Gasteiger partial charge in [-0.1, -0.05) is 11.8 Å². The summed E-state index contributed by atoms with van der Waals surface area (Å²) in [6.07, 6.45) is 0. The molecule has 0 saturated carbocycles. The highest BCUT2D eigenvalue weighted by atomic mass is 32.2. The number of methoxy groups -OCH3 is 1. The van der Waals surface area contributed by atoms with Gasteiger partial charge in [0, 0.05) is 27.5 Å². The smallest absolute Gasteiger partial charge is 0.234 e. The number of aromatic nitrogens is 3. The maximum atomic E-state index is 12.3. The van der Waals surface area contributed by atoms with Crippen molar-refractivity contribution in [1.29, 1.82) is 0 Å². The maximum absolute atomic E-state index is 12.3. The number of nitrogens with one attached hydrogen (secondary N) is 1. The van der Waals surface area contributed by atoms with E-state index in [-0.39, 0.29) is 17.7 Å². The van der Waals surface area contributed by atoms with Gasteiger partial charge < -0.3 is 10.1 Å². The predicted octanol–water partition coefficient (Wildman–Crippen LogP) is 4.64. The topological polar surface area (TPSA) is 69.0 Å². The lowest BCUT2D eigenvalue weighted by Gasteiger charge is -2.13. The van der Waals surface area contributed by atoms with Crippen LogP contribution in [0, 0.1) is 6.92 Å². The molecule has 8 heteroatoms. The SMILES string of the molecule is COc1ccc(NC(=O)CSc2nnc(-c3csc(C)c3)n2C(C)C)cc1. The summed E-state index contributed by atoms with van der Waals surface area (Å²) in [6, 6.07) is 9.56. The third-order valence-electron chi connectivity index (χ3n) is 3.88. The van der Waals surface area contributed by atoms with E-state index in [9.17, 15) is 4.79 Å². The minimum absolute atomic E-state index is 0.0867. The number of carbonyl (C=O) groups is 1. The molecule has 2 heterocycles. The standard InChI is InChI=1S/C19H22N4O2S2/c1-12(2)23-18(14-9-13(3)26-10-14)21-22-19(23)27-11-17(24)20-15-5-7-16(25-4)8-6-15/h5-10,12H,11H2,1-4H3,(H,20,24).